The Morgan fingerprint density at radius 3 is 2.45 bits per heavy atom. The zero-order valence-electron chi connectivity index (χ0n) is 12.8. The number of benzene rings is 2. The Balaban J connectivity index is 2.08. The zero-order valence-corrected chi connectivity index (χ0v) is 12.8. The summed E-state index contributed by atoms with van der Waals surface area (Å²) >= 11 is 0. The van der Waals surface area contributed by atoms with Gasteiger partial charge in [0.15, 0.2) is 0 Å². The minimum Gasteiger partial charge on any atom is -0.399 e. The molecule has 0 bridgehead atoms. The number of amides is 1. The van der Waals surface area contributed by atoms with E-state index in [4.69, 9.17) is 5.73 Å². The molecule has 0 aliphatic rings. The maximum atomic E-state index is 13.0. The van der Waals surface area contributed by atoms with Crippen LogP contribution in [0.5, 0.6) is 0 Å². The second-order valence-electron chi connectivity index (χ2n) is 5.78. The van der Waals surface area contributed by atoms with Gasteiger partial charge in [0.2, 0.25) is 0 Å². The molecule has 2 aromatic carbocycles. The van der Waals surface area contributed by atoms with Crippen molar-refractivity contribution in [1.29, 1.82) is 0 Å². The van der Waals surface area contributed by atoms with Crippen molar-refractivity contribution in [3.8, 4) is 0 Å². The van der Waals surface area contributed by atoms with Gasteiger partial charge < -0.3 is 11.1 Å². The van der Waals surface area contributed by atoms with Crippen LogP contribution in [0.2, 0.25) is 0 Å². The van der Waals surface area contributed by atoms with Crippen molar-refractivity contribution in [2.24, 2.45) is 5.92 Å². The molecule has 0 saturated heterocycles. The molecular formula is C18H21FN2O. The molecule has 2 rings (SSSR count). The fourth-order valence-corrected chi connectivity index (χ4v) is 2.26. The van der Waals surface area contributed by atoms with E-state index in [1.165, 1.54) is 12.1 Å². The molecule has 0 spiro atoms. The summed E-state index contributed by atoms with van der Waals surface area (Å²) in [4.78, 5) is 12.3. The number of rotatable bonds is 5. The van der Waals surface area contributed by atoms with Crippen molar-refractivity contribution in [3.63, 3.8) is 0 Å². The van der Waals surface area contributed by atoms with Gasteiger partial charge in [0, 0.05) is 17.3 Å². The van der Waals surface area contributed by atoms with Crippen molar-refractivity contribution in [3.05, 3.63) is 65.5 Å². The third-order valence-corrected chi connectivity index (χ3v) is 3.64. The van der Waals surface area contributed by atoms with E-state index in [1.807, 2.05) is 13.8 Å². The highest BCUT2D eigenvalue weighted by atomic mass is 19.1. The molecule has 0 aromatic heterocycles. The number of anilines is 1. The lowest BCUT2D eigenvalue weighted by molar-refractivity contribution is 0.0926. The minimum atomic E-state index is -0.256. The van der Waals surface area contributed by atoms with Crippen molar-refractivity contribution >= 4 is 11.6 Å². The molecule has 4 heteroatoms. The van der Waals surface area contributed by atoms with Crippen LogP contribution >= 0.6 is 0 Å². The van der Waals surface area contributed by atoms with Gasteiger partial charge in [0.25, 0.3) is 5.91 Å². The van der Waals surface area contributed by atoms with Gasteiger partial charge in [-0.25, -0.2) is 4.39 Å². The minimum absolute atomic E-state index is 0.0283. The van der Waals surface area contributed by atoms with Gasteiger partial charge in [0.1, 0.15) is 5.82 Å². The highest BCUT2D eigenvalue weighted by molar-refractivity contribution is 5.95. The van der Waals surface area contributed by atoms with E-state index in [-0.39, 0.29) is 23.7 Å². The van der Waals surface area contributed by atoms with Crippen LogP contribution < -0.4 is 11.1 Å². The number of hydrogen-bond donors (Lipinski definition) is 2. The summed E-state index contributed by atoms with van der Waals surface area (Å²) < 4.78 is 13.0. The van der Waals surface area contributed by atoms with Gasteiger partial charge in [-0.15, -0.1) is 0 Å². The van der Waals surface area contributed by atoms with Crippen LogP contribution in [0, 0.1) is 11.7 Å². The molecule has 22 heavy (non-hydrogen) atoms. The average molecular weight is 300 g/mol. The summed E-state index contributed by atoms with van der Waals surface area (Å²) in [5, 5.41) is 3.03. The van der Waals surface area contributed by atoms with E-state index in [9.17, 15) is 9.18 Å². The van der Waals surface area contributed by atoms with Crippen LogP contribution in [0.1, 0.15) is 29.8 Å². The number of nitrogen functional groups attached to an aromatic ring is 1. The molecule has 3 nitrogen and oxygen atoms in total. The third-order valence-electron chi connectivity index (χ3n) is 3.64. The van der Waals surface area contributed by atoms with E-state index < -0.39 is 0 Å². The largest absolute Gasteiger partial charge is 0.399 e. The quantitative estimate of drug-likeness (QED) is 0.831. The highest BCUT2D eigenvalue weighted by Crippen LogP contribution is 2.13. The van der Waals surface area contributed by atoms with Crippen molar-refractivity contribution in [2.75, 3.05) is 5.73 Å². The molecule has 0 aliphatic heterocycles. The van der Waals surface area contributed by atoms with Gasteiger partial charge in [-0.3, -0.25) is 4.79 Å². The van der Waals surface area contributed by atoms with E-state index >= 15 is 0 Å². The van der Waals surface area contributed by atoms with Crippen LogP contribution in [-0.4, -0.2) is 11.9 Å². The number of carbonyl (C=O) groups excluding carboxylic acids is 1. The Bertz CT molecular complexity index is 638. The molecule has 0 radical (unpaired) electrons. The van der Waals surface area contributed by atoms with E-state index in [2.05, 4.69) is 5.32 Å². The maximum absolute atomic E-state index is 13.0. The monoisotopic (exact) mass is 300 g/mol. The summed E-state index contributed by atoms with van der Waals surface area (Å²) in [5.41, 5.74) is 7.81. The second kappa shape index (κ2) is 7.07. The molecule has 116 valence electrons. The molecule has 0 aliphatic carbocycles. The molecule has 0 fully saturated rings. The fraction of sp³-hybridized carbons (Fsp3) is 0.278. The van der Waals surface area contributed by atoms with Gasteiger partial charge in [-0.1, -0.05) is 32.0 Å². The van der Waals surface area contributed by atoms with Crippen LogP contribution in [0.3, 0.4) is 0 Å². The van der Waals surface area contributed by atoms with Gasteiger partial charge >= 0.3 is 0 Å². The molecule has 2 aromatic rings. The third kappa shape index (κ3) is 4.32. The Kier molecular flexibility index (Phi) is 5.15. The standard InChI is InChI=1S/C18H21FN2O/c1-12(2)17(10-13-6-8-15(19)9-7-13)21-18(22)14-4-3-5-16(20)11-14/h3-9,11-12,17H,10,20H2,1-2H3,(H,21,22). The molecule has 0 heterocycles. The number of carbonyl (C=O) groups is 1. The number of halogens is 1. The lowest BCUT2D eigenvalue weighted by Gasteiger charge is -2.22. The Hall–Kier alpha value is -2.36. The Labute approximate surface area is 130 Å². The summed E-state index contributed by atoms with van der Waals surface area (Å²) in [7, 11) is 0. The van der Waals surface area contributed by atoms with Crippen LogP contribution in [0.15, 0.2) is 48.5 Å². The zero-order chi connectivity index (χ0) is 16.1. The summed E-state index contributed by atoms with van der Waals surface area (Å²) in [6, 6.07) is 13.2. The first-order valence-corrected chi connectivity index (χ1v) is 7.36. The first-order chi connectivity index (χ1) is 10.5. The molecule has 1 unspecified atom stereocenters. The van der Waals surface area contributed by atoms with Crippen molar-refractivity contribution in [1.82, 2.24) is 5.32 Å². The SMILES string of the molecule is CC(C)C(Cc1ccc(F)cc1)NC(=O)c1cccc(N)c1. The summed E-state index contributed by atoms with van der Waals surface area (Å²) in [6.45, 7) is 4.10. The molecule has 1 atom stereocenters. The first kappa shape index (κ1) is 16.0. The number of nitrogens with one attached hydrogen (secondary N) is 1. The van der Waals surface area contributed by atoms with Crippen molar-refractivity contribution in [2.45, 2.75) is 26.3 Å². The number of hydrogen-bond acceptors (Lipinski definition) is 2. The smallest absolute Gasteiger partial charge is 0.251 e. The summed E-state index contributed by atoms with van der Waals surface area (Å²) in [5.74, 6) is -0.142. The predicted octanol–water partition coefficient (Wildman–Crippen LogP) is 3.41. The molecule has 0 saturated carbocycles. The van der Waals surface area contributed by atoms with Gasteiger partial charge in [-0.2, -0.15) is 0 Å². The Morgan fingerprint density at radius 1 is 1.18 bits per heavy atom. The lowest BCUT2D eigenvalue weighted by atomic mass is 9.96. The summed E-state index contributed by atoms with van der Waals surface area (Å²) in [6.07, 6.45) is 0.659. The topological polar surface area (TPSA) is 55.1 Å². The second-order valence-corrected chi connectivity index (χ2v) is 5.78. The van der Waals surface area contributed by atoms with Gasteiger partial charge in [-0.05, 0) is 48.2 Å². The lowest BCUT2D eigenvalue weighted by Crippen LogP contribution is -2.40. The highest BCUT2D eigenvalue weighted by Gasteiger charge is 2.18. The van der Waals surface area contributed by atoms with Gasteiger partial charge in [0.05, 0.1) is 0 Å². The van der Waals surface area contributed by atoms with Crippen molar-refractivity contribution < 1.29 is 9.18 Å². The van der Waals surface area contributed by atoms with E-state index in [0.29, 0.717) is 17.7 Å². The normalized spacial score (nSPS) is 12.2. The first-order valence-electron chi connectivity index (χ1n) is 7.36. The van der Waals surface area contributed by atoms with Crippen LogP contribution in [0.25, 0.3) is 0 Å². The van der Waals surface area contributed by atoms with Crippen LogP contribution in [0.4, 0.5) is 10.1 Å². The number of nitrogens with two attached hydrogens (primary N) is 1. The Morgan fingerprint density at radius 2 is 1.86 bits per heavy atom. The predicted molar refractivity (Wildman–Crippen MR) is 87.1 cm³/mol. The molecule has 3 N–H and O–H groups in total. The fourth-order valence-electron chi connectivity index (χ4n) is 2.26. The van der Waals surface area contributed by atoms with Crippen LogP contribution in [-0.2, 0) is 6.42 Å². The van der Waals surface area contributed by atoms with E-state index in [1.54, 1.807) is 36.4 Å². The molecule has 1 amide bonds. The van der Waals surface area contributed by atoms with E-state index in [0.717, 1.165) is 5.56 Å². The maximum Gasteiger partial charge on any atom is 0.251 e. The molecular weight excluding hydrogens is 279 g/mol. The average Bonchev–Trinajstić information content (AvgIpc) is 2.48.